The van der Waals surface area contributed by atoms with E-state index < -0.39 is 12.1 Å². The van der Waals surface area contributed by atoms with Crippen molar-refractivity contribution in [3.8, 4) is 17.2 Å². The molecule has 2 aromatic carbocycles. The van der Waals surface area contributed by atoms with Crippen LogP contribution in [0.1, 0.15) is 37.0 Å². The van der Waals surface area contributed by atoms with Crippen LogP contribution in [0.25, 0.3) is 0 Å². The average molecular weight is 344 g/mol. The van der Waals surface area contributed by atoms with Crippen molar-refractivity contribution in [2.24, 2.45) is 0 Å². The lowest BCUT2D eigenvalue weighted by atomic mass is 10.2. The highest BCUT2D eigenvalue weighted by atomic mass is 16.5. The van der Waals surface area contributed by atoms with E-state index in [4.69, 9.17) is 14.2 Å². The van der Waals surface area contributed by atoms with Crippen molar-refractivity contribution in [2.45, 2.75) is 32.8 Å². The van der Waals surface area contributed by atoms with Gasteiger partial charge in [0, 0.05) is 0 Å². The molecule has 0 saturated carbocycles. The van der Waals surface area contributed by atoms with Crippen LogP contribution in [-0.2, 0) is 0 Å². The van der Waals surface area contributed by atoms with Gasteiger partial charge >= 0.3 is 5.97 Å². The second-order valence-electron chi connectivity index (χ2n) is 5.75. The lowest BCUT2D eigenvalue weighted by Gasteiger charge is -2.09. The van der Waals surface area contributed by atoms with Crippen LogP contribution in [0.15, 0.2) is 48.5 Å². The quantitative estimate of drug-likeness (QED) is 0.425. The Morgan fingerprint density at radius 1 is 0.960 bits per heavy atom. The highest BCUT2D eigenvalue weighted by Gasteiger charge is 2.09. The second kappa shape index (κ2) is 9.69. The lowest BCUT2D eigenvalue weighted by molar-refractivity contribution is 0.0734. The highest BCUT2D eigenvalue weighted by Crippen LogP contribution is 2.20. The third-order valence-corrected chi connectivity index (χ3v) is 3.38. The molecule has 2 aromatic rings. The monoisotopic (exact) mass is 344 g/mol. The molecule has 0 aromatic heterocycles. The minimum absolute atomic E-state index is 0.205. The number of carbonyl (C=O) groups is 1. The summed E-state index contributed by atoms with van der Waals surface area (Å²) in [5.41, 5.74) is 0.424. The Bertz CT molecular complexity index is 647. The number of hydrogen-bond acceptors (Lipinski definition) is 5. The molecule has 0 bridgehead atoms. The molecule has 0 unspecified atom stereocenters. The van der Waals surface area contributed by atoms with E-state index in [0.29, 0.717) is 23.7 Å². The van der Waals surface area contributed by atoms with E-state index in [-0.39, 0.29) is 6.61 Å². The summed E-state index contributed by atoms with van der Waals surface area (Å²) in [6, 6.07) is 13.6. The SMILES string of the molecule is CCCCOc1ccc(OC(=O)c2ccc(OC[C@H](C)O)cc2)cc1. The number of benzene rings is 2. The minimum atomic E-state index is -0.543. The van der Waals surface area contributed by atoms with Crippen LogP contribution in [0.2, 0.25) is 0 Å². The molecule has 2 rings (SSSR count). The molecule has 5 heteroatoms. The van der Waals surface area contributed by atoms with Crippen molar-refractivity contribution < 1.29 is 24.1 Å². The Kier molecular flexibility index (Phi) is 7.29. The Morgan fingerprint density at radius 3 is 2.12 bits per heavy atom. The van der Waals surface area contributed by atoms with Crippen LogP contribution in [0.3, 0.4) is 0 Å². The first-order chi connectivity index (χ1) is 12.1. The third-order valence-electron chi connectivity index (χ3n) is 3.38. The molecular weight excluding hydrogens is 320 g/mol. The van der Waals surface area contributed by atoms with Crippen molar-refractivity contribution in [3.63, 3.8) is 0 Å². The largest absolute Gasteiger partial charge is 0.494 e. The summed E-state index contributed by atoms with van der Waals surface area (Å²) < 4.78 is 16.3. The molecular formula is C20H24O5. The summed E-state index contributed by atoms with van der Waals surface area (Å²) in [6.07, 6.45) is 1.55. The zero-order valence-electron chi connectivity index (χ0n) is 14.6. The van der Waals surface area contributed by atoms with Crippen molar-refractivity contribution >= 4 is 5.97 Å². The first-order valence-electron chi connectivity index (χ1n) is 8.44. The lowest BCUT2D eigenvalue weighted by Crippen LogP contribution is -2.13. The zero-order chi connectivity index (χ0) is 18.1. The van der Waals surface area contributed by atoms with Crippen molar-refractivity contribution in [2.75, 3.05) is 13.2 Å². The maximum atomic E-state index is 12.2. The van der Waals surface area contributed by atoms with Gasteiger partial charge in [0.15, 0.2) is 0 Å². The molecule has 5 nitrogen and oxygen atoms in total. The molecule has 0 heterocycles. The van der Waals surface area contributed by atoms with Gasteiger partial charge in [-0.25, -0.2) is 4.79 Å². The van der Waals surface area contributed by atoms with Gasteiger partial charge in [0.25, 0.3) is 0 Å². The number of rotatable bonds is 9. The zero-order valence-corrected chi connectivity index (χ0v) is 14.6. The topological polar surface area (TPSA) is 65.0 Å². The molecule has 1 N–H and O–H groups in total. The van der Waals surface area contributed by atoms with Gasteiger partial charge < -0.3 is 19.3 Å². The number of esters is 1. The summed E-state index contributed by atoms with van der Waals surface area (Å²) in [5.74, 6) is 1.36. The fraction of sp³-hybridized carbons (Fsp3) is 0.350. The molecule has 0 fully saturated rings. The van der Waals surface area contributed by atoms with Crippen molar-refractivity contribution in [1.82, 2.24) is 0 Å². The fourth-order valence-corrected chi connectivity index (χ4v) is 2.01. The first-order valence-corrected chi connectivity index (χ1v) is 8.44. The van der Waals surface area contributed by atoms with E-state index in [1.54, 1.807) is 55.5 Å². The van der Waals surface area contributed by atoms with Gasteiger partial charge in [-0.1, -0.05) is 13.3 Å². The van der Waals surface area contributed by atoms with Crippen molar-refractivity contribution in [3.05, 3.63) is 54.1 Å². The van der Waals surface area contributed by atoms with E-state index in [2.05, 4.69) is 6.92 Å². The summed E-state index contributed by atoms with van der Waals surface area (Å²) >= 11 is 0. The van der Waals surface area contributed by atoms with Gasteiger partial charge in [-0.2, -0.15) is 0 Å². The van der Waals surface area contributed by atoms with Crippen LogP contribution in [0, 0.1) is 0 Å². The molecule has 1 atom stereocenters. The molecule has 0 aliphatic carbocycles. The standard InChI is InChI=1S/C20H24O5/c1-3-4-13-23-17-9-11-19(12-10-17)25-20(22)16-5-7-18(8-6-16)24-14-15(2)21/h5-12,15,21H,3-4,13-14H2,1-2H3/t15-/m0/s1. The maximum Gasteiger partial charge on any atom is 0.343 e. The van der Waals surface area contributed by atoms with E-state index in [1.807, 2.05) is 0 Å². The van der Waals surface area contributed by atoms with Crippen LogP contribution in [-0.4, -0.2) is 30.4 Å². The van der Waals surface area contributed by atoms with Gasteiger partial charge in [0.05, 0.1) is 18.3 Å². The maximum absolute atomic E-state index is 12.2. The highest BCUT2D eigenvalue weighted by molar-refractivity contribution is 5.91. The smallest absolute Gasteiger partial charge is 0.343 e. The van der Waals surface area contributed by atoms with Crippen LogP contribution in [0.5, 0.6) is 17.2 Å². The van der Waals surface area contributed by atoms with Crippen LogP contribution >= 0.6 is 0 Å². The minimum Gasteiger partial charge on any atom is -0.494 e. The molecule has 134 valence electrons. The van der Waals surface area contributed by atoms with Gasteiger partial charge in [0.1, 0.15) is 23.9 Å². The Balaban J connectivity index is 1.88. The third kappa shape index (κ3) is 6.47. The number of aliphatic hydroxyl groups excluding tert-OH is 1. The molecule has 0 spiro atoms. The molecule has 0 radical (unpaired) electrons. The van der Waals surface area contributed by atoms with E-state index in [0.717, 1.165) is 18.6 Å². The van der Waals surface area contributed by atoms with Gasteiger partial charge in [0.2, 0.25) is 0 Å². The first kappa shape index (κ1) is 18.8. The van der Waals surface area contributed by atoms with E-state index in [9.17, 15) is 9.90 Å². The van der Waals surface area contributed by atoms with Crippen LogP contribution in [0.4, 0.5) is 0 Å². The molecule has 0 aliphatic rings. The fourth-order valence-electron chi connectivity index (χ4n) is 2.01. The van der Waals surface area contributed by atoms with Gasteiger partial charge in [-0.05, 0) is 61.9 Å². The predicted molar refractivity (Wildman–Crippen MR) is 95.4 cm³/mol. The summed E-state index contributed by atoms with van der Waals surface area (Å²) in [4.78, 5) is 12.2. The summed E-state index contributed by atoms with van der Waals surface area (Å²) in [5, 5.41) is 9.19. The number of unbranched alkanes of at least 4 members (excludes halogenated alkanes) is 1. The number of ether oxygens (including phenoxy) is 3. The Morgan fingerprint density at radius 2 is 1.52 bits per heavy atom. The van der Waals surface area contributed by atoms with Crippen molar-refractivity contribution in [1.29, 1.82) is 0 Å². The number of hydrogen-bond donors (Lipinski definition) is 1. The number of carbonyl (C=O) groups excluding carboxylic acids is 1. The second-order valence-corrected chi connectivity index (χ2v) is 5.75. The Labute approximate surface area is 148 Å². The molecule has 0 amide bonds. The van der Waals surface area contributed by atoms with Crippen LogP contribution < -0.4 is 14.2 Å². The summed E-state index contributed by atoms with van der Waals surface area (Å²) in [6.45, 7) is 4.64. The Hall–Kier alpha value is -2.53. The van der Waals surface area contributed by atoms with Gasteiger partial charge in [-0.15, -0.1) is 0 Å². The number of aliphatic hydroxyl groups is 1. The normalized spacial score (nSPS) is 11.6. The predicted octanol–water partition coefficient (Wildman–Crippen LogP) is 3.84. The van der Waals surface area contributed by atoms with Gasteiger partial charge in [-0.3, -0.25) is 0 Å². The van der Waals surface area contributed by atoms with E-state index >= 15 is 0 Å². The molecule has 0 saturated heterocycles. The summed E-state index contributed by atoms with van der Waals surface area (Å²) in [7, 11) is 0. The molecule has 0 aliphatic heterocycles. The van der Waals surface area contributed by atoms with E-state index in [1.165, 1.54) is 0 Å². The average Bonchev–Trinajstić information content (AvgIpc) is 2.62. The molecule has 25 heavy (non-hydrogen) atoms.